The molecule has 0 atom stereocenters. The first-order valence-corrected chi connectivity index (χ1v) is 7.59. The first-order chi connectivity index (χ1) is 11.1. The van der Waals surface area contributed by atoms with E-state index in [-0.39, 0.29) is 12.3 Å². The number of rotatable bonds is 7. The molecule has 2 aromatic rings. The van der Waals surface area contributed by atoms with Crippen LogP contribution in [0.2, 0.25) is 0 Å². The third kappa shape index (κ3) is 3.97. The molecule has 0 radical (unpaired) electrons. The Kier molecular flexibility index (Phi) is 5.51. The van der Waals surface area contributed by atoms with E-state index in [1.807, 2.05) is 6.92 Å². The highest BCUT2D eigenvalue weighted by molar-refractivity contribution is 5.99. The summed E-state index contributed by atoms with van der Waals surface area (Å²) in [6.45, 7) is 4.55. The standard InChI is InChI=1S/C17H19NO5/c1-3-5-8-23-16-10-13(17(19)22-4-2)9-12-6-7-14(18(20)21)11-15(12)16/h6-7,9-11H,3-5,8H2,1-2H3. The molecule has 0 spiro atoms. The minimum absolute atomic E-state index is 0.0123. The van der Waals surface area contributed by atoms with Crippen molar-refractivity contribution in [2.75, 3.05) is 13.2 Å². The van der Waals surface area contributed by atoms with Gasteiger partial charge in [-0.2, -0.15) is 0 Å². The maximum absolute atomic E-state index is 12.0. The van der Waals surface area contributed by atoms with E-state index in [2.05, 4.69) is 0 Å². The molecule has 0 saturated carbocycles. The van der Waals surface area contributed by atoms with E-state index in [1.54, 1.807) is 25.1 Å². The van der Waals surface area contributed by atoms with Crippen LogP contribution in [0.4, 0.5) is 5.69 Å². The smallest absolute Gasteiger partial charge is 0.338 e. The number of nitro groups is 1. The van der Waals surface area contributed by atoms with Crippen LogP contribution in [0.25, 0.3) is 10.8 Å². The van der Waals surface area contributed by atoms with Crippen LogP contribution in [0.15, 0.2) is 30.3 Å². The molecule has 0 aliphatic rings. The van der Waals surface area contributed by atoms with Crippen LogP contribution in [-0.4, -0.2) is 24.1 Å². The highest BCUT2D eigenvalue weighted by Gasteiger charge is 2.15. The second-order valence-electron chi connectivity index (χ2n) is 5.06. The van der Waals surface area contributed by atoms with Gasteiger partial charge in [0.05, 0.1) is 23.7 Å². The lowest BCUT2D eigenvalue weighted by Crippen LogP contribution is -2.06. The summed E-state index contributed by atoms with van der Waals surface area (Å²) in [6, 6.07) is 7.73. The molecule has 0 unspecified atom stereocenters. The number of ether oxygens (including phenoxy) is 2. The van der Waals surface area contributed by atoms with Gasteiger partial charge in [0, 0.05) is 17.5 Å². The lowest BCUT2D eigenvalue weighted by Gasteiger charge is -2.11. The van der Waals surface area contributed by atoms with Crippen molar-refractivity contribution in [2.45, 2.75) is 26.7 Å². The zero-order valence-electron chi connectivity index (χ0n) is 13.2. The van der Waals surface area contributed by atoms with Crippen LogP contribution in [0, 0.1) is 10.1 Å². The fourth-order valence-electron chi connectivity index (χ4n) is 2.20. The Bertz CT molecular complexity index is 726. The quantitative estimate of drug-likeness (QED) is 0.332. The molecule has 122 valence electrons. The van der Waals surface area contributed by atoms with Crippen LogP contribution in [0.3, 0.4) is 0 Å². The minimum Gasteiger partial charge on any atom is -0.493 e. The van der Waals surface area contributed by atoms with Gasteiger partial charge in [-0.15, -0.1) is 0 Å². The SMILES string of the molecule is CCCCOc1cc(C(=O)OCC)cc2ccc([N+](=O)[O-])cc12. The average Bonchev–Trinajstić information content (AvgIpc) is 2.54. The fraction of sp³-hybridized carbons (Fsp3) is 0.353. The molecule has 0 bridgehead atoms. The van der Waals surface area contributed by atoms with Gasteiger partial charge in [-0.3, -0.25) is 10.1 Å². The van der Waals surface area contributed by atoms with Gasteiger partial charge in [-0.1, -0.05) is 13.3 Å². The third-order valence-corrected chi connectivity index (χ3v) is 3.38. The number of carbonyl (C=O) groups is 1. The van der Waals surface area contributed by atoms with Gasteiger partial charge in [-0.05, 0) is 36.9 Å². The largest absolute Gasteiger partial charge is 0.493 e. The number of unbranched alkanes of at least 4 members (excludes halogenated alkanes) is 1. The van der Waals surface area contributed by atoms with Crippen molar-refractivity contribution in [3.05, 3.63) is 46.0 Å². The number of esters is 1. The Morgan fingerprint density at radius 1 is 1.22 bits per heavy atom. The van der Waals surface area contributed by atoms with E-state index in [0.717, 1.165) is 12.8 Å². The van der Waals surface area contributed by atoms with Crippen molar-refractivity contribution >= 4 is 22.4 Å². The molecule has 2 aromatic carbocycles. The maximum Gasteiger partial charge on any atom is 0.338 e. The van der Waals surface area contributed by atoms with Gasteiger partial charge in [0.2, 0.25) is 0 Å². The van der Waals surface area contributed by atoms with Crippen LogP contribution in [0.5, 0.6) is 5.75 Å². The van der Waals surface area contributed by atoms with Crippen LogP contribution < -0.4 is 4.74 Å². The van der Waals surface area contributed by atoms with Gasteiger partial charge in [-0.25, -0.2) is 4.79 Å². The Morgan fingerprint density at radius 2 is 2.00 bits per heavy atom. The van der Waals surface area contributed by atoms with Crippen molar-refractivity contribution in [3.8, 4) is 5.75 Å². The van der Waals surface area contributed by atoms with E-state index in [9.17, 15) is 14.9 Å². The van der Waals surface area contributed by atoms with E-state index in [1.165, 1.54) is 12.1 Å². The van der Waals surface area contributed by atoms with Gasteiger partial charge in [0.15, 0.2) is 0 Å². The summed E-state index contributed by atoms with van der Waals surface area (Å²) in [5.74, 6) is 0.0239. The van der Waals surface area contributed by atoms with E-state index < -0.39 is 10.9 Å². The summed E-state index contributed by atoms with van der Waals surface area (Å²) in [7, 11) is 0. The van der Waals surface area contributed by atoms with Crippen molar-refractivity contribution in [1.29, 1.82) is 0 Å². The molecule has 6 nitrogen and oxygen atoms in total. The Morgan fingerprint density at radius 3 is 2.65 bits per heavy atom. The third-order valence-electron chi connectivity index (χ3n) is 3.38. The van der Waals surface area contributed by atoms with Crippen molar-refractivity contribution in [3.63, 3.8) is 0 Å². The number of carbonyl (C=O) groups excluding carboxylic acids is 1. The number of benzene rings is 2. The Balaban J connectivity index is 2.51. The molecule has 0 saturated heterocycles. The topological polar surface area (TPSA) is 78.7 Å². The molecule has 0 amide bonds. The Hall–Kier alpha value is -2.63. The molecule has 0 aromatic heterocycles. The maximum atomic E-state index is 12.0. The number of nitrogens with zero attached hydrogens (tertiary/aromatic N) is 1. The van der Waals surface area contributed by atoms with Gasteiger partial charge < -0.3 is 9.47 Å². The molecular formula is C17H19NO5. The predicted molar refractivity (Wildman–Crippen MR) is 87.0 cm³/mol. The molecule has 0 heterocycles. The second kappa shape index (κ2) is 7.58. The first-order valence-electron chi connectivity index (χ1n) is 7.59. The normalized spacial score (nSPS) is 10.5. The summed E-state index contributed by atoms with van der Waals surface area (Å²) in [4.78, 5) is 22.5. The second-order valence-corrected chi connectivity index (χ2v) is 5.06. The van der Waals surface area contributed by atoms with Gasteiger partial charge in [0.25, 0.3) is 5.69 Å². The molecule has 0 aliphatic heterocycles. The highest BCUT2D eigenvalue weighted by Crippen LogP contribution is 2.31. The zero-order chi connectivity index (χ0) is 16.8. The van der Waals surface area contributed by atoms with Crippen molar-refractivity contribution in [2.24, 2.45) is 0 Å². The minimum atomic E-state index is -0.450. The zero-order valence-corrected chi connectivity index (χ0v) is 13.2. The summed E-state index contributed by atoms with van der Waals surface area (Å²) in [6.07, 6.45) is 1.83. The Labute approximate surface area is 134 Å². The summed E-state index contributed by atoms with van der Waals surface area (Å²) in [5, 5.41) is 12.3. The summed E-state index contributed by atoms with van der Waals surface area (Å²) in [5.41, 5.74) is 0.362. The lowest BCUT2D eigenvalue weighted by atomic mass is 10.0. The van der Waals surface area contributed by atoms with Gasteiger partial charge in [0.1, 0.15) is 5.75 Å². The summed E-state index contributed by atoms with van der Waals surface area (Å²) < 4.78 is 10.7. The molecule has 23 heavy (non-hydrogen) atoms. The van der Waals surface area contributed by atoms with Crippen LogP contribution in [-0.2, 0) is 4.74 Å². The highest BCUT2D eigenvalue weighted by atomic mass is 16.6. The number of hydrogen-bond acceptors (Lipinski definition) is 5. The number of non-ortho nitro benzene ring substituents is 1. The number of nitro benzene ring substituents is 1. The van der Waals surface area contributed by atoms with Crippen molar-refractivity contribution < 1.29 is 19.2 Å². The van der Waals surface area contributed by atoms with Crippen LogP contribution >= 0.6 is 0 Å². The monoisotopic (exact) mass is 317 g/mol. The molecule has 0 fully saturated rings. The molecular weight excluding hydrogens is 298 g/mol. The fourth-order valence-corrected chi connectivity index (χ4v) is 2.20. The molecule has 6 heteroatoms. The van der Waals surface area contributed by atoms with E-state index >= 15 is 0 Å². The molecule has 2 rings (SSSR count). The first kappa shape index (κ1) is 16.7. The predicted octanol–water partition coefficient (Wildman–Crippen LogP) is 4.10. The van der Waals surface area contributed by atoms with Crippen molar-refractivity contribution in [1.82, 2.24) is 0 Å². The number of hydrogen-bond donors (Lipinski definition) is 0. The van der Waals surface area contributed by atoms with E-state index in [0.29, 0.717) is 28.7 Å². The average molecular weight is 317 g/mol. The molecule has 0 aliphatic carbocycles. The van der Waals surface area contributed by atoms with Crippen LogP contribution in [0.1, 0.15) is 37.0 Å². The van der Waals surface area contributed by atoms with Gasteiger partial charge >= 0.3 is 5.97 Å². The van der Waals surface area contributed by atoms with E-state index in [4.69, 9.17) is 9.47 Å². The number of fused-ring (bicyclic) bond motifs is 1. The lowest BCUT2D eigenvalue weighted by molar-refractivity contribution is -0.384. The molecule has 0 N–H and O–H groups in total. The summed E-state index contributed by atoms with van der Waals surface area (Å²) >= 11 is 0.